The van der Waals surface area contributed by atoms with Gasteiger partial charge in [0.05, 0.1) is 0 Å². The Kier molecular flexibility index (Phi) is 5.46. The number of hydrogen-bond acceptors (Lipinski definition) is 2. The van der Waals surface area contributed by atoms with E-state index in [1.54, 1.807) is 30.3 Å². The molecule has 0 amide bonds. The van der Waals surface area contributed by atoms with Gasteiger partial charge in [-0.2, -0.15) is 13.2 Å². The Balaban J connectivity index is 2.15. The van der Waals surface area contributed by atoms with Crippen molar-refractivity contribution in [3.63, 3.8) is 0 Å². The molecule has 0 saturated heterocycles. The van der Waals surface area contributed by atoms with E-state index in [0.29, 0.717) is 17.3 Å². The first-order chi connectivity index (χ1) is 9.85. The predicted molar refractivity (Wildman–Crippen MR) is 84.8 cm³/mol. The second-order valence-electron chi connectivity index (χ2n) is 4.13. The highest BCUT2D eigenvalue weighted by molar-refractivity contribution is 9.10. The minimum Gasteiger partial charge on any atom is -0.380 e. The average Bonchev–Trinajstić information content (AvgIpc) is 2.39. The van der Waals surface area contributed by atoms with Gasteiger partial charge in [0.2, 0.25) is 0 Å². The van der Waals surface area contributed by atoms with Crippen molar-refractivity contribution in [3.05, 3.63) is 57.5 Å². The summed E-state index contributed by atoms with van der Waals surface area (Å²) < 4.78 is 38.4. The van der Waals surface area contributed by atoms with Crippen LogP contribution in [0.3, 0.4) is 0 Å². The van der Waals surface area contributed by atoms with Crippen LogP contribution in [0, 0.1) is 0 Å². The van der Waals surface area contributed by atoms with Crippen molar-refractivity contribution >= 4 is 45.0 Å². The molecule has 0 saturated carbocycles. The number of rotatable bonds is 4. The summed E-state index contributed by atoms with van der Waals surface area (Å²) in [6.07, 6.45) is 0. The minimum absolute atomic E-state index is 0.135. The van der Waals surface area contributed by atoms with Crippen LogP contribution in [0.4, 0.5) is 18.9 Å². The van der Waals surface area contributed by atoms with Gasteiger partial charge in [-0.3, -0.25) is 0 Å². The lowest BCUT2D eigenvalue weighted by Gasteiger charge is -2.13. The molecule has 112 valence electrons. The van der Waals surface area contributed by atoms with E-state index >= 15 is 0 Å². The first kappa shape index (κ1) is 16.5. The SMILES string of the molecule is FC(F)(F)Sc1ccccc1NCc1cc(Br)ccc1Cl. The van der Waals surface area contributed by atoms with Gasteiger partial charge >= 0.3 is 5.51 Å². The molecule has 0 aliphatic heterocycles. The van der Waals surface area contributed by atoms with Gasteiger partial charge in [0, 0.05) is 26.6 Å². The molecule has 0 aliphatic carbocycles. The molecule has 0 heterocycles. The van der Waals surface area contributed by atoms with Crippen LogP contribution in [-0.4, -0.2) is 5.51 Å². The Labute approximate surface area is 138 Å². The van der Waals surface area contributed by atoms with Gasteiger partial charge < -0.3 is 5.32 Å². The number of hydrogen-bond donors (Lipinski definition) is 1. The maximum Gasteiger partial charge on any atom is 0.446 e. The van der Waals surface area contributed by atoms with Crippen molar-refractivity contribution < 1.29 is 13.2 Å². The zero-order valence-corrected chi connectivity index (χ0v) is 13.7. The van der Waals surface area contributed by atoms with Crippen LogP contribution < -0.4 is 5.32 Å². The number of nitrogens with one attached hydrogen (secondary N) is 1. The van der Waals surface area contributed by atoms with E-state index in [-0.39, 0.29) is 16.7 Å². The topological polar surface area (TPSA) is 12.0 Å². The van der Waals surface area contributed by atoms with Gasteiger partial charge in [0.15, 0.2) is 0 Å². The van der Waals surface area contributed by atoms with Gasteiger partial charge in [0.25, 0.3) is 0 Å². The van der Waals surface area contributed by atoms with E-state index in [0.717, 1.165) is 10.0 Å². The Hall–Kier alpha value is -0.850. The lowest BCUT2D eigenvalue weighted by atomic mass is 10.2. The average molecular weight is 397 g/mol. The monoisotopic (exact) mass is 395 g/mol. The van der Waals surface area contributed by atoms with E-state index in [2.05, 4.69) is 21.2 Å². The molecular formula is C14H10BrClF3NS. The fraction of sp³-hybridized carbons (Fsp3) is 0.143. The van der Waals surface area contributed by atoms with Crippen molar-refractivity contribution in [2.75, 3.05) is 5.32 Å². The Morgan fingerprint density at radius 1 is 1.14 bits per heavy atom. The standard InChI is InChI=1S/C14H10BrClF3NS/c15-10-5-6-11(16)9(7-10)8-20-12-3-1-2-4-13(12)21-14(17,18)19/h1-7,20H,8H2. The number of alkyl halides is 3. The van der Waals surface area contributed by atoms with Gasteiger partial charge in [-0.05, 0) is 47.7 Å². The second kappa shape index (κ2) is 6.94. The third-order valence-corrected chi connectivity index (χ3v) is 4.26. The molecule has 21 heavy (non-hydrogen) atoms. The molecule has 7 heteroatoms. The summed E-state index contributed by atoms with van der Waals surface area (Å²) in [7, 11) is 0. The van der Waals surface area contributed by atoms with Crippen molar-refractivity contribution in [1.29, 1.82) is 0 Å². The number of para-hydroxylation sites is 1. The van der Waals surface area contributed by atoms with Gasteiger partial charge in [0.1, 0.15) is 0 Å². The molecule has 0 aromatic heterocycles. The molecule has 1 nitrogen and oxygen atoms in total. The number of thioether (sulfide) groups is 1. The lowest BCUT2D eigenvalue weighted by molar-refractivity contribution is -0.0327. The van der Waals surface area contributed by atoms with Crippen LogP contribution in [0.2, 0.25) is 5.02 Å². The Morgan fingerprint density at radius 2 is 1.86 bits per heavy atom. The Morgan fingerprint density at radius 3 is 2.57 bits per heavy atom. The van der Waals surface area contributed by atoms with E-state index < -0.39 is 5.51 Å². The van der Waals surface area contributed by atoms with Crippen molar-refractivity contribution in [2.24, 2.45) is 0 Å². The number of anilines is 1. The van der Waals surface area contributed by atoms with Gasteiger partial charge in [-0.1, -0.05) is 39.7 Å². The predicted octanol–water partition coefficient (Wildman–Crippen LogP) is 6.33. The second-order valence-corrected chi connectivity index (χ2v) is 6.56. The molecule has 0 aliphatic rings. The molecule has 0 unspecified atom stereocenters. The maximum atomic E-state index is 12.5. The molecule has 0 spiro atoms. The summed E-state index contributed by atoms with van der Waals surface area (Å²) >= 11 is 9.27. The first-order valence-corrected chi connectivity index (χ1v) is 7.86. The molecule has 0 atom stereocenters. The largest absolute Gasteiger partial charge is 0.446 e. The van der Waals surface area contributed by atoms with Gasteiger partial charge in [-0.25, -0.2) is 0 Å². The van der Waals surface area contributed by atoms with E-state index in [1.165, 1.54) is 6.07 Å². The normalized spacial score (nSPS) is 11.5. The highest BCUT2D eigenvalue weighted by Gasteiger charge is 2.30. The molecule has 1 N–H and O–H groups in total. The zero-order valence-electron chi connectivity index (χ0n) is 10.5. The van der Waals surface area contributed by atoms with Crippen molar-refractivity contribution in [3.8, 4) is 0 Å². The molecule has 0 fully saturated rings. The molecule has 0 radical (unpaired) electrons. The molecule has 2 rings (SSSR count). The fourth-order valence-electron chi connectivity index (χ4n) is 1.70. The summed E-state index contributed by atoms with van der Waals surface area (Å²) in [4.78, 5) is 0.135. The van der Waals surface area contributed by atoms with Crippen LogP contribution in [0.25, 0.3) is 0 Å². The van der Waals surface area contributed by atoms with Crippen molar-refractivity contribution in [2.45, 2.75) is 16.9 Å². The summed E-state index contributed by atoms with van der Waals surface area (Å²) in [5.41, 5.74) is -3.08. The highest BCUT2D eigenvalue weighted by atomic mass is 79.9. The van der Waals surface area contributed by atoms with Crippen molar-refractivity contribution in [1.82, 2.24) is 0 Å². The third kappa shape index (κ3) is 5.13. The van der Waals surface area contributed by atoms with E-state index in [4.69, 9.17) is 11.6 Å². The lowest BCUT2D eigenvalue weighted by Crippen LogP contribution is -2.04. The van der Waals surface area contributed by atoms with E-state index in [1.807, 2.05) is 6.07 Å². The van der Waals surface area contributed by atoms with Crippen LogP contribution in [0.15, 0.2) is 51.8 Å². The fourth-order valence-corrected chi connectivity index (χ4v) is 2.93. The minimum atomic E-state index is -4.31. The smallest absolute Gasteiger partial charge is 0.380 e. The van der Waals surface area contributed by atoms with E-state index in [9.17, 15) is 13.2 Å². The van der Waals surface area contributed by atoms with Crippen LogP contribution >= 0.6 is 39.3 Å². The molecular weight excluding hydrogens is 387 g/mol. The summed E-state index contributed by atoms with van der Waals surface area (Å²) in [6, 6.07) is 11.7. The summed E-state index contributed by atoms with van der Waals surface area (Å²) in [5, 5.41) is 3.56. The quantitative estimate of drug-likeness (QED) is 0.606. The molecule has 2 aromatic rings. The van der Waals surface area contributed by atoms with Crippen LogP contribution in [0.5, 0.6) is 0 Å². The first-order valence-electron chi connectivity index (χ1n) is 5.88. The number of halogens is 5. The van der Waals surface area contributed by atoms with Crippen LogP contribution in [0.1, 0.15) is 5.56 Å². The summed E-state index contributed by atoms with van der Waals surface area (Å²) in [5.74, 6) is 0. The molecule has 0 bridgehead atoms. The number of benzene rings is 2. The summed E-state index contributed by atoms with van der Waals surface area (Å²) in [6.45, 7) is 0.341. The maximum absolute atomic E-state index is 12.5. The zero-order chi connectivity index (χ0) is 15.5. The third-order valence-electron chi connectivity index (χ3n) is 2.59. The highest BCUT2D eigenvalue weighted by Crippen LogP contribution is 2.40. The van der Waals surface area contributed by atoms with Crippen LogP contribution in [-0.2, 0) is 6.54 Å². The van der Waals surface area contributed by atoms with Gasteiger partial charge in [-0.15, -0.1) is 0 Å². The molecule has 2 aromatic carbocycles. The Bertz CT molecular complexity index is 634.